The molecule has 0 spiro atoms. The second kappa shape index (κ2) is 9.13. The van der Waals surface area contributed by atoms with Crippen molar-refractivity contribution in [3.63, 3.8) is 0 Å². The molecule has 0 aliphatic carbocycles. The first-order chi connectivity index (χ1) is 20.8. The number of nitrogens with zero attached hydrogens (tertiary/aromatic N) is 2. The first-order valence-corrected chi connectivity index (χ1v) is 15.0. The van der Waals surface area contributed by atoms with Crippen molar-refractivity contribution in [1.82, 2.24) is 4.98 Å². The zero-order valence-electron chi connectivity index (χ0n) is 22.7. The van der Waals surface area contributed by atoms with Gasteiger partial charge in [0.1, 0.15) is 0 Å². The van der Waals surface area contributed by atoms with Crippen molar-refractivity contribution in [3.05, 3.63) is 146 Å². The highest BCUT2D eigenvalue weighted by Crippen LogP contribution is 2.56. The van der Waals surface area contributed by atoms with Crippen LogP contribution in [0.15, 0.2) is 146 Å². The second-order valence-electron chi connectivity index (χ2n) is 10.8. The van der Waals surface area contributed by atoms with Gasteiger partial charge in [-0.1, -0.05) is 97.1 Å². The van der Waals surface area contributed by atoms with Gasteiger partial charge in [0.2, 0.25) is 0 Å². The van der Waals surface area contributed by atoms with E-state index >= 15 is 0 Å². The quantitative estimate of drug-likeness (QED) is 0.217. The van der Waals surface area contributed by atoms with Gasteiger partial charge in [0, 0.05) is 48.6 Å². The Morgan fingerprint density at radius 1 is 0.500 bits per heavy atom. The Kier molecular flexibility index (Phi) is 5.10. The number of hydrogen-bond donors (Lipinski definition) is 0. The summed E-state index contributed by atoms with van der Waals surface area (Å²) in [6.07, 6.45) is 1.93. The smallest absolute Gasteiger partial charge is 0.0708 e. The number of para-hydroxylation sites is 1. The van der Waals surface area contributed by atoms with Crippen molar-refractivity contribution in [3.8, 4) is 33.5 Å². The number of thiophene rings is 1. The van der Waals surface area contributed by atoms with Gasteiger partial charge in [0.15, 0.2) is 0 Å². The van der Waals surface area contributed by atoms with Gasteiger partial charge < -0.3 is 4.90 Å². The standard InChI is InChI=1S/C39H24N2S/c1-3-10-25(11-4-1)33-24-26(22-23-40-33)28-18-19-30-31-20-21-36-38(32-14-7-8-17-35(32)42-36)39(31)41(27-12-5-2-6-13-27)34-16-9-15-29(28)37(30)34/h1-24H. The fraction of sp³-hybridized carbons (Fsp3) is 0. The van der Waals surface area contributed by atoms with Gasteiger partial charge in [-0.3, -0.25) is 4.98 Å². The fourth-order valence-electron chi connectivity index (χ4n) is 6.63. The van der Waals surface area contributed by atoms with E-state index in [2.05, 4.69) is 138 Å². The molecule has 0 unspecified atom stereocenters. The van der Waals surface area contributed by atoms with Crippen LogP contribution in [0.4, 0.5) is 17.1 Å². The summed E-state index contributed by atoms with van der Waals surface area (Å²) >= 11 is 1.87. The van der Waals surface area contributed by atoms with Gasteiger partial charge in [-0.05, 0) is 64.5 Å². The molecule has 8 aromatic rings. The molecule has 0 saturated carbocycles. The number of benzene rings is 6. The highest BCUT2D eigenvalue weighted by Gasteiger charge is 2.29. The van der Waals surface area contributed by atoms with E-state index in [4.69, 9.17) is 4.98 Å². The SMILES string of the molecule is c1ccc(-c2cc(-c3ccc4c5c(cccc35)N(c3ccccc3)c3c-4ccc4sc5ccccc5c34)ccn2)cc1. The summed E-state index contributed by atoms with van der Waals surface area (Å²) in [5, 5.41) is 5.17. The van der Waals surface area contributed by atoms with Crippen molar-refractivity contribution in [2.75, 3.05) is 4.90 Å². The van der Waals surface area contributed by atoms with E-state index in [-0.39, 0.29) is 0 Å². The molecule has 2 nitrogen and oxygen atoms in total. The summed E-state index contributed by atoms with van der Waals surface area (Å²) in [5.74, 6) is 0. The number of anilines is 3. The summed E-state index contributed by atoms with van der Waals surface area (Å²) in [5.41, 5.74) is 10.7. The van der Waals surface area contributed by atoms with Crippen LogP contribution in [-0.4, -0.2) is 4.98 Å². The third-order valence-electron chi connectivity index (χ3n) is 8.44. The maximum atomic E-state index is 4.70. The lowest BCUT2D eigenvalue weighted by Gasteiger charge is -2.34. The van der Waals surface area contributed by atoms with E-state index in [0.717, 1.165) is 11.3 Å². The van der Waals surface area contributed by atoms with Crippen LogP contribution >= 0.6 is 11.3 Å². The minimum absolute atomic E-state index is 0.983. The van der Waals surface area contributed by atoms with E-state index in [1.165, 1.54) is 70.3 Å². The van der Waals surface area contributed by atoms with Crippen LogP contribution in [0.3, 0.4) is 0 Å². The summed E-state index contributed by atoms with van der Waals surface area (Å²) < 4.78 is 2.63. The average Bonchev–Trinajstić information content (AvgIpc) is 3.45. The summed E-state index contributed by atoms with van der Waals surface area (Å²) in [6, 6.07) is 50.4. The highest BCUT2D eigenvalue weighted by atomic mass is 32.1. The van der Waals surface area contributed by atoms with Gasteiger partial charge in [0.25, 0.3) is 0 Å². The molecular formula is C39H24N2S. The normalized spacial score (nSPS) is 12.2. The van der Waals surface area contributed by atoms with Crippen LogP contribution < -0.4 is 4.90 Å². The molecule has 9 rings (SSSR count). The van der Waals surface area contributed by atoms with Gasteiger partial charge >= 0.3 is 0 Å². The lowest BCUT2D eigenvalue weighted by atomic mass is 9.86. The van der Waals surface area contributed by atoms with E-state index in [1.54, 1.807) is 0 Å². The molecule has 2 aromatic heterocycles. The Labute approximate surface area is 247 Å². The molecule has 0 radical (unpaired) electrons. The molecule has 0 amide bonds. The lowest BCUT2D eigenvalue weighted by molar-refractivity contribution is 1.30. The average molecular weight is 553 g/mol. The highest BCUT2D eigenvalue weighted by molar-refractivity contribution is 7.26. The first-order valence-electron chi connectivity index (χ1n) is 14.2. The van der Waals surface area contributed by atoms with E-state index < -0.39 is 0 Å². The van der Waals surface area contributed by atoms with Gasteiger partial charge in [-0.25, -0.2) is 0 Å². The minimum Gasteiger partial charge on any atom is -0.309 e. The van der Waals surface area contributed by atoms with Crippen LogP contribution in [0.5, 0.6) is 0 Å². The Hall–Kier alpha value is -5.25. The number of hydrogen-bond acceptors (Lipinski definition) is 3. The molecule has 0 atom stereocenters. The first kappa shape index (κ1) is 23.5. The third kappa shape index (κ3) is 3.41. The number of aromatic nitrogens is 1. The Morgan fingerprint density at radius 3 is 2.12 bits per heavy atom. The molecule has 196 valence electrons. The predicted octanol–water partition coefficient (Wildman–Crippen LogP) is 11.4. The molecule has 0 bridgehead atoms. The Morgan fingerprint density at radius 2 is 1.24 bits per heavy atom. The molecule has 3 heteroatoms. The monoisotopic (exact) mass is 552 g/mol. The molecule has 0 fully saturated rings. The third-order valence-corrected chi connectivity index (χ3v) is 9.58. The topological polar surface area (TPSA) is 16.1 Å². The predicted molar refractivity (Wildman–Crippen MR) is 179 cm³/mol. The molecule has 6 aromatic carbocycles. The zero-order chi connectivity index (χ0) is 27.6. The van der Waals surface area contributed by atoms with E-state index in [1.807, 2.05) is 23.6 Å². The largest absolute Gasteiger partial charge is 0.309 e. The Bertz CT molecular complexity index is 2300. The molecule has 3 heterocycles. The van der Waals surface area contributed by atoms with Crippen LogP contribution in [-0.2, 0) is 0 Å². The molecule has 0 saturated heterocycles. The summed E-state index contributed by atoms with van der Waals surface area (Å²) in [6.45, 7) is 0. The van der Waals surface area contributed by atoms with Crippen LogP contribution in [0.1, 0.15) is 0 Å². The number of rotatable bonds is 3. The van der Waals surface area contributed by atoms with E-state index in [9.17, 15) is 0 Å². The van der Waals surface area contributed by atoms with Crippen molar-refractivity contribution in [2.45, 2.75) is 0 Å². The molecule has 0 N–H and O–H groups in total. The maximum Gasteiger partial charge on any atom is 0.0708 e. The zero-order valence-corrected chi connectivity index (χ0v) is 23.5. The van der Waals surface area contributed by atoms with Gasteiger partial charge in [-0.15, -0.1) is 11.3 Å². The number of pyridine rings is 1. The molecule has 1 aliphatic heterocycles. The minimum atomic E-state index is 0.983. The lowest BCUT2D eigenvalue weighted by Crippen LogP contribution is -2.15. The second-order valence-corrected chi connectivity index (χ2v) is 11.8. The van der Waals surface area contributed by atoms with Crippen LogP contribution in [0.25, 0.3) is 64.5 Å². The van der Waals surface area contributed by atoms with Crippen LogP contribution in [0.2, 0.25) is 0 Å². The molecular weight excluding hydrogens is 529 g/mol. The summed E-state index contributed by atoms with van der Waals surface area (Å²) in [7, 11) is 0. The maximum absolute atomic E-state index is 4.70. The fourth-order valence-corrected chi connectivity index (χ4v) is 7.74. The van der Waals surface area contributed by atoms with Crippen molar-refractivity contribution >= 4 is 59.3 Å². The van der Waals surface area contributed by atoms with Gasteiger partial charge in [-0.2, -0.15) is 0 Å². The summed E-state index contributed by atoms with van der Waals surface area (Å²) in [4.78, 5) is 7.18. The van der Waals surface area contributed by atoms with E-state index in [0.29, 0.717) is 0 Å². The van der Waals surface area contributed by atoms with Crippen molar-refractivity contribution in [1.29, 1.82) is 0 Å². The number of fused-ring (bicyclic) bond motifs is 6. The van der Waals surface area contributed by atoms with Crippen LogP contribution in [0, 0.1) is 0 Å². The Balaban J connectivity index is 1.36. The van der Waals surface area contributed by atoms with Crippen molar-refractivity contribution in [2.24, 2.45) is 0 Å². The van der Waals surface area contributed by atoms with Gasteiger partial charge in [0.05, 0.1) is 17.1 Å². The van der Waals surface area contributed by atoms with Crippen molar-refractivity contribution < 1.29 is 0 Å². The molecule has 42 heavy (non-hydrogen) atoms. The molecule has 1 aliphatic rings.